The monoisotopic (exact) mass is 349 g/mol. The van der Waals surface area contributed by atoms with E-state index in [1.165, 1.54) is 38.3 Å². The molecule has 1 aromatic heterocycles. The van der Waals surface area contributed by atoms with Gasteiger partial charge in [0.05, 0.1) is 5.52 Å². The smallest absolute Gasteiger partial charge is 0.113 e. The van der Waals surface area contributed by atoms with Crippen LogP contribution in [0.1, 0.15) is 12.0 Å². The van der Waals surface area contributed by atoms with Gasteiger partial charge in [0.25, 0.3) is 0 Å². The van der Waals surface area contributed by atoms with E-state index >= 15 is 0 Å². The molecule has 26 heavy (non-hydrogen) atoms. The summed E-state index contributed by atoms with van der Waals surface area (Å²) < 4.78 is 2.03. The molecular weight excluding hydrogens is 322 g/mol. The Morgan fingerprint density at radius 1 is 0.731 bits per heavy atom. The van der Waals surface area contributed by atoms with Gasteiger partial charge in [-0.25, -0.2) is 4.68 Å². The molecule has 2 aromatic carbocycles. The maximum Gasteiger partial charge on any atom is 0.113 e. The lowest BCUT2D eigenvalue weighted by Crippen LogP contribution is -2.47. The third kappa shape index (κ3) is 4.29. The highest BCUT2D eigenvalue weighted by Crippen LogP contribution is 2.11. The SMILES string of the molecule is c1ccc(CCN2CCN(CCCn3nnc4ccccc43)CC2)cc1. The number of aromatic nitrogens is 3. The molecule has 5 heteroatoms. The van der Waals surface area contributed by atoms with E-state index in [1.54, 1.807) is 0 Å². The van der Waals surface area contributed by atoms with Gasteiger partial charge in [-0.2, -0.15) is 0 Å². The highest BCUT2D eigenvalue weighted by molar-refractivity contribution is 5.73. The van der Waals surface area contributed by atoms with Gasteiger partial charge >= 0.3 is 0 Å². The summed E-state index contributed by atoms with van der Waals surface area (Å²) in [6.07, 6.45) is 2.28. The van der Waals surface area contributed by atoms with Crippen molar-refractivity contribution in [2.75, 3.05) is 39.3 Å². The Morgan fingerprint density at radius 2 is 1.42 bits per heavy atom. The number of fused-ring (bicyclic) bond motifs is 1. The van der Waals surface area contributed by atoms with Crippen LogP contribution in [0.25, 0.3) is 11.0 Å². The minimum atomic E-state index is 0.939. The fraction of sp³-hybridized carbons (Fsp3) is 0.429. The van der Waals surface area contributed by atoms with Crippen molar-refractivity contribution in [2.24, 2.45) is 0 Å². The first-order valence-corrected chi connectivity index (χ1v) is 9.65. The molecule has 3 aromatic rings. The first-order valence-electron chi connectivity index (χ1n) is 9.65. The molecule has 0 N–H and O–H groups in total. The highest BCUT2D eigenvalue weighted by Gasteiger charge is 2.16. The van der Waals surface area contributed by atoms with Gasteiger partial charge in [-0.15, -0.1) is 5.10 Å². The molecule has 4 rings (SSSR count). The van der Waals surface area contributed by atoms with E-state index in [9.17, 15) is 0 Å². The van der Waals surface area contributed by atoms with E-state index in [1.807, 2.05) is 16.8 Å². The number of rotatable bonds is 7. The third-order valence-electron chi connectivity index (χ3n) is 5.29. The highest BCUT2D eigenvalue weighted by atomic mass is 15.4. The fourth-order valence-corrected chi connectivity index (χ4v) is 3.69. The summed E-state index contributed by atoms with van der Waals surface area (Å²) in [5.74, 6) is 0. The predicted octanol–water partition coefficient (Wildman–Crippen LogP) is 2.68. The van der Waals surface area contributed by atoms with Crippen molar-refractivity contribution in [1.82, 2.24) is 24.8 Å². The van der Waals surface area contributed by atoms with Crippen LogP contribution in [0.3, 0.4) is 0 Å². The number of hydrogen-bond acceptors (Lipinski definition) is 4. The second kappa shape index (κ2) is 8.43. The molecule has 1 aliphatic rings. The first-order chi connectivity index (χ1) is 12.9. The van der Waals surface area contributed by atoms with Crippen molar-refractivity contribution >= 4 is 11.0 Å². The maximum atomic E-state index is 4.28. The Kier molecular flexibility index (Phi) is 5.57. The summed E-state index contributed by atoms with van der Waals surface area (Å²) in [6, 6.07) is 19.0. The molecule has 1 saturated heterocycles. The molecule has 1 aliphatic heterocycles. The molecule has 0 atom stereocenters. The van der Waals surface area contributed by atoms with E-state index < -0.39 is 0 Å². The van der Waals surface area contributed by atoms with E-state index in [0.29, 0.717) is 0 Å². The van der Waals surface area contributed by atoms with Crippen LogP contribution in [0.4, 0.5) is 0 Å². The molecule has 0 unspecified atom stereocenters. The van der Waals surface area contributed by atoms with Gasteiger partial charge in [0, 0.05) is 45.8 Å². The molecule has 5 nitrogen and oxygen atoms in total. The summed E-state index contributed by atoms with van der Waals surface area (Å²) >= 11 is 0. The van der Waals surface area contributed by atoms with Gasteiger partial charge in [0.2, 0.25) is 0 Å². The van der Waals surface area contributed by atoms with Crippen molar-refractivity contribution in [3.63, 3.8) is 0 Å². The Balaban J connectivity index is 1.17. The van der Waals surface area contributed by atoms with Crippen LogP contribution in [0.5, 0.6) is 0 Å². The van der Waals surface area contributed by atoms with Crippen molar-refractivity contribution in [2.45, 2.75) is 19.4 Å². The number of benzene rings is 2. The van der Waals surface area contributed by atoms with Gasteiger partial charge in [0.15, 0.2) is 0 Å². The normalized spacial score (nSPS) is 16.3. The maximum absolute atomic E-state index is 4.28. The zero-order valence-corrected chi connectivity index (χ0v) is 15.3. The lowest BCUT2D eigenvalue weighted by molar-refractivity contribution is 0.131. The Hall–Kier alpha value is -2.24. The number of para-hydroxylation sites is 1. The first kappa shape index (κ1) is 17.2. The minimum Gasteiger partial charge on any atom is -0.301 e. The predicted molar refractivity (Wildman–Crippen MR) is 105 cm³/mol. The molecule has 2 heterocycles. The second-order valence-electron chi connectivity index (χ2n) is 7.07. The van der Waals surface area contributed by atoms with Crippen LogP contribution < -0.4 is 0 Å². The molecular formula is C21H27N5. The molecule has 136 valence electrons. The van der Waals surface area contributed by atoms with E-state index in [2.05, 4.69) is 62.6 Å². The Bertz CT molecular complexity index is 805. The van der Waals surface area contributed by atoms with Gasteiger partial charge in [-0.3, -0.25) is 0 Å². The van der Waals surface area contributed by atoms with Crippen LogP contribution >= 0.6 is 0 Å². The number of nitrogens with zero attached hydrogens (tertiary/aromatic N) is 5. The number of aryl methyl sites for hydroxylation is 1. The average molecular weight is 349 g/mol. The lowest BCUT2D eigenvalue weighted by Gasteiger charge is -2.34. The van der Waals surface area contributed by atoms with Gasteiger partial charge < -0.3 is 9.80 Å². The van der Waals surface area contributed by atoms with Gasteiger partial charge in [-0.1, -0.05) is 47.7 Å². The van der Waals surface area contributed by atoms with Gasteiger partial charge in [0.1, 0.15) is 5.52 Å². The summed E-state index contributed by atoms with van der Waals surface area (Å²) in [5.41, 5.74) is 3.56. The molecule has 0 aliphatic carbocycles. The summed E-state index contributed by atoms with van der Waals surface area (Å²) in [7, 11) is 0. The van der Waals surface area contributed by atoms with Crippen molar-refractivity contribution in [3.8, 4) is 0 Å². The molecule has 0 bridgehead atoms. The molecule has 1 fully saturated rings. The standard InChI is InChI=1S/C21H27N5/c1-2-7-19(8-3-1)11-14-25-17-15-24(16-18-25)12-6-13-26-21-10-5-4-9-20(21)22-23-26/h1-5,7-10H,6,11-18H2. The minimum absolute atomic E-state index is 0.939. The zero-order chi connectivity index (χ0) is 17.6. The van der Waals surface area contributed by atoms with Crippen LogP contribution in [-0.2, 0) is 13.0 Å². The average Bonchev–Trinajstić information content (AvgIpc) is 3.11. The Labute approximate surface area is 155 Å². The topological polar surface area (TPSA) is 37.2 Å². The fourth-order valence-electron chi connectivity index (χ4n) is 3.69. The van der Waals surface area contributed by atoms with Crippen LogP contribution in [0.2, 0.25) is 0 Å². The Morgan fingerprint density at radius 3 is 2.23 bits per heavy atom. The molecule has 0 saturated carbocycles. The molecule has 0 radical (unpaired) electrons. The third-order valence-corrected chi connectivity index (χ3v) is 5.29. The van der Waals surface area contributed by atoms with Crippen molar-refractivity contribution in [3.05, 3.63) is 60.2 Å². The van der Waals surface area contributed by atoms with Crippen molar-refractivity contribution in [1.29, 1.82) is 0 Å². The zero-order valence-electron chi connectivity index (χ0n) is 15.3. The second-order valence-corrected chi connectivity index (χ2v) is 7.07. The van der Waals surface area contributed by atoms with Gasteiger partial charge in [-0.05, 0) is 30.5 Å². The summed E-state index contributed by atoms with van der Waals surface area (Å²) in [5, 5.41) is 8.52. The van der Waals surface area contributed by atoms with E-state index in [0.717, 1.165) is 37.0 Å². The molecule has 0 amide bonds. The van der Waals surface area contributed by atoms with E-state index in [-0.39, 0.29) is 0 Å². The van der Waals surface area contributed by atoms with Crippen LogP contribution in [-0.4, -0.2) is 64.1 Å². The summed E-state index contributed by atoms with van der Waals surface area (Å²) in [6.45, 7) is 7.95. The van der Waals surface area contributed by atoms with E-state index in [4.69, 9.17) is 0 Å². The van der Waals surface area contributed by atoms with Crippen molar-refractivity contribution < 1.29 is 0 Å². The number of hydrogen-bond donors (Lipinski definition) is 0. The quantitative estimate of drug-likeness (QED) is 0.657. The van der Waals surface area contributed by atoms with Crippen LogP contribution in [0, 0.1) is 0 Å². The molecule has 0 spiro atoms. The largest absolute Gasteiger partial charge is 0.301 e. The van der Waals surface area contributed by atoms with Crippen LogP contribution in [0.15, 0.2) is 54.6 Å². The summed E-state index contributed by atoms with van der Waals surface area (Å²) in [4.78, 5) is 5.17. The number of piperazine rings is 1. The lowest BCUT2D eigenvalue weighted by atomic mass is 10.1.